The Balaban J connectivity index is 2.59. The second-order valence-corrected chi connectivity index (χ2v) is 6.08. The maximum absolute atomic E-state index is 12.6. The Bertz CT molecular complexity index is 734. The highest BCUT2D eigenvalue weighted by Gasteiger charge is 2.32. The minimum atomic E-state index is -4.63. The Morgan fingerprint density at radius 2 is 1.65 bits per heavy atom. The summed E-state index contributed by atoms with van der Waals surface area (Å²) >= 11 is 0. The maximum atomic E-state index is 12.6. The van der Waals surface area contributed by atoms with E-state index < -0.39 is 26.5 Å². The van der Waals surface area contributed by atoms with Crippen LogP contribution < -0.4 is 0 Å². The van der Waals surface area contributed by atoms with Gasteiger partial charge in [-0.15, -0.1) is 0 Å². The van der Waals surface area contributed by atoms with E-state index in [9.17, 15) is 21.6 Å². The average Bonchev–Trinajstić information content (AvgIpc) is 2.38. The lowest BCUT2D eigenvalue weighted by atomic mass is 10.2. The third-order valence-corrected chi connectivity index (χ3v) is 4.60. The summed E-state index contributed by atoms with van der Waals surface area (Å²) in [6.45, 7) is 1.58. The molecule has 0 unspecified atom stereocenters. The number of halogens is 3. The first-order valence-electron chi connectivity index (χ1n) is 5.63. The molecule has 0 aliphatic heterocycles. The Morgan fingerprint density at radius 3 is 2.25 bits per heavy atom. The van der Waals surface area contributed by atoms with Crippen molar-refractivity contribution < 1.29 is 21.6 Å². The van der Waals surface area contributed by atoms with E-state index in [4.69, 9.17) is 0 Å². The molecule has 2 aromatic carbocycles. The highest BCUT2D eigenvalue weighted by Crippen LogP contribution is 2.31. The number of hydrogen-bond donors (Lipinski definition) is 0. The van der Waals surface area contributed by atoms with Crippen molar-refractivity contribution in [3.8, 4) is 0 Å². The van der Waals surface area contributed by atoms with Gasteiger partial charge in [0.25, 0.3) is 0 Å². The fourth-order valence-electron chi connectivity index (χ4n) is 1.75. The summed E-state index contributed by atoms with van der Waals surface area (Å²) in [7, 11) is -4.01. The maximum Gasteiger partial charge on any atom is 0.417 e. The number of benzene rings is 2. The Labute approximate surface area is 114 Å². The fraction of sp³-hybridized carbons (Fsp3) is 0.143. The predicted molar refractivity (Wildman–Crippen MR) is 66.9 cm³/mol. The molecule has 1 radical (unpaired) electrons. The van der Waals surface area contributed by atoms with Gasteiger partial charge in [0.2, 0.25) is 9.84 Å². The fourth-order valence-corrected chi connectivity index (χ4v) is 3.23. The van der Waals surface area contributed by atoms with Gasteiger partial charge in [0.15, 0.2) is 0 Å². The van der Waals surface area contributed by atoms with E-state index in [1.807, 2.05) is 6.07 Å². The highest BCUT2D eigenvalue weighted by molar-refractivity contribution is 7.91. The van der Waals surface area contributed by atoms with Crippen LogP contribution in [0.25, 0.3) is 0 Å². The van der Waals surface area contributed by atoms with Gasteiger partial charge in [-0.05, 0) is 30.7 Å². The van der Waals surface area contributed by atoms with Gasteiger partial charge in [0.1, 0.15) is 0 Å². The molecule has 0 saturated heterocycles. The Kier molecular flexibility index (Phi) is 3.60. The molecule has 2 aromatic rings. The van der Waals surface area contributed by atoms with Crippen LogP contribution in [0.15, 0.2) is 52.3 Å². The molecular weight excluding hydrogens is 289 g/mol. The normalized spacial score (nSPS) is 12.4. The molecule has 0 amide bonds. The predicted octanol–water partition coefficient (Wildman–Crippen LogP) is 3.65. The van der Waals surface area contributed by atoms with Crippen LogP contribution in [-0.4, -0.2) is 8.42 Å². The monoisotopic (exact) mass is 299 g/mol. The van der Waals surface area contributed by atoms with Crippen LogP contribution in [0.5, 0.6) is 0 Å². The molecule has 0 aliphatic carbocycles. The van der Waals surface area contributed by atoms with E-state index in [0.717, 1.165) is 18.2 Å². The topological polar surface area (TPSA) is 34.1 Å². The smallest absolute Gasteiger partial charge is 0.218 e. The lowest BCUT2D eigenvalue weighted by Gasteiger charge is -2.10. The molecule has 0 N–H and O–H groups in total. The molecule has 105 valence electrons. The first-order valence-corrected chi connectivity index (χ1v) is 7.11. The summed E-state index contributed by atoms with van der Waals surface area (Å²) in [6, 6.07) is 11.0. The van der Waals surface area contributed by atoms with Crippen LogP contribution in [0.2, 0.25) is 0 Å². The van der Waals surface area contributed by atoms with Crippen molar-refractivity contribution in [2.75, 3.05) is 0 Å². The van der Waals surface area contributed by atoms with Gasteiger partial charge in [0.05, 0.1) is 15.4 Å². The van der Waals surface area contributed by atoms with Gasteiger partial charge in [-0.3, -0.25) is 0 Å². The van der Waals surface area contributed by atoms with Crippen molar-refractivity contribution in [3.05, 3.63) is 59.7 Å². The molecule has 0 saturated carbocycles. The summed E-state index contributed by atoms with van der Waals surface area (Å²) in [4.78, 5) is -0.503. The van der Waals surface area contributed by atoms with Crippen LogP contribution >= 0.6 is 0 Å². The minimum absolute atomic E-state index is 0.0180. The number of hydrogen-bond acceptors (Lipinski definition) is 2. The molecule has 2 nitrogen and oxygen atoms in total. The van der Waals surface area contributed by atoms with Gasteiger partial charge in [0, 0.05) is 6.07 Å². The summed E-state index contributed by atoms with van der Waals surface area (Å²) < 4.78 is 62.5. The minimum Gasteiger partial charge on any atom is -0.218 e. The van der Waals surface area contributed by atoms with E-state index >= 15 is 0 Å². The lowest BCUT2D eigenvalue weighted by Crippen LogP contribution is -2.09. The van der Waals surface area contributed by atoms with Crippen molar-refractivity contribution in [2.24, 2.45) is 0 Å². The SMILES string of the molecule is Cc1ccccc1S(=O)(=O)c1[c]c(C(F)(F)F)ccc1. The van der Waals surface area contributed by atoms with Crippen LogP contribution in [0, 0.1) is 13.0 Å². The standard InChI is InChI=1S/C14H10F3O2S/c1-10-5-2-3-8-13(10)20(18,19)12-7-4-6-11(9-12)14(15,16)17/h2-8H,1H3. The van der Waals surface area contributed by atoms with E-state index in [2.05, 4.69) is 0 Å². The first-order chi connectivity index (χ1) is 9.23. The van der Waals surface area contributed by atoms with Crippen molar-refractivity contribution in [2.45, 2.75) is 22.9 Å². The Hall–Kier alpha value is -1.82. The van der Waals surface area contributed by atoms with Gasteiger partial charge in [-0.25, -0.2) is 8.42 Å². The molecule has 0 fully saturated rings. The molecule has 2 rings (SSSR count). The van der Waals surface area contributed by atoms with E-state index in [-0.39, 0.29) is 4.90 Å². The zero-order valence-corrected chi connectivity index (χ0v) is 11.2. The van der Waals surface area contributed by atoms with Crippen molar-refractivity contribution >= 4 is 9.84 Å². The number of alkyl halides is 3. The molecule has 20 heavy (non-hydrogen) atoms. The van der Waals surface area contributed by atoms with Crippen molar-refractivity contribution in [3.63, 3.8) is 0 Å². The largest absolute Gasteiger partial charge is 0.417 e. The number of sulfone groups is 1. The van der Waals surface area contributed by atoms with Gasteiger partial charge in [-0.1, -0.05) is 24.3 Å². The van der Waals surface area contributed by atoms with Crippen molar-refractivity contribution in [1.29, 1.82) is 0 Å². The van der Waals surface area contributed by atoms with Crippen LogP contribution in [0.1, 0.15) is 11.1 Å². The van der Waals surface area contributed by atoms with Gasteiger partial charge in [-0.2, -0.15) is 13.2 Å². The first kappa shape index (κ1) is 14.6. The zero-order valence-electron chi connectivity index (χ0n) is 10.4. The van der Waals surface area contributed by atoms with E-state index in [0.29, 0.717) is 5.56 Å². The number of aryl methyl sites for hydroxylation is 1. The van der Waals surface area contributed by atoms with Gasteiger partial charge >= 0.3 is 6.18 Å². The van der Waals surface area contributed by atoms with Crippen LogP contribution in [0.3, 0.4) is 0 Å². The lowest BCUT2D eigenvalue weighted by molar-refractivity contribution is -0.138. The molecule has 0 bridgehead atoms. The third-order valence-electron chi connectivity index (χ3n) is 2.75. The quantitative estimate of drug-likeness (QED) is 0.848. The highest BCUT2D eigenvalue weighted by atomic mass is 32.2. The molecular formula is C14H10F3O2S. The number of rotatable bonds is 2. The molecule has 0 heterocycles. The molecule has 0 aliphatic rings. The summed E-state index contributed by atoms with van der Waals surface area (Å²) in [5.41, 5.74) is -0.634. The zero-order chi connectivity index (χ0) is 15.0. The van der Waals surface area contributed by atoms with Gasteiger partial charge < -0.3 is 0 Å². The van der Waals surface area contributed by atoms with E-state index in [1.165, 1.54) is 12.1 Å². The third kappa shape index (κ3) is 2.70. The average molecular weight is 299 g/mol. The summed E-state index contributed by atoms with van der Waals surface area (Å²) in [6.07, 6.45) is -4.63. The van der Waals surface area contributed by atoms with Crippen LogP contribution in [-0.2, 0) is 16.0 Å². The molecule has 0 aromatic heterocycles. The van der Waals surface area contributed by atoms with Crippen LogP contribution in [0.4, 0.5) is 13.2 Å². The molecule has 0 atom stereocenters. The summed E-state index contributed by atoms with van der Waals surface area (Å²) in [5, 5.41) is 0. The molecule has 6 heteroatoms. The Morgan fingerprint density at radius 1 is 1.00 bits per heavy atom. The van der Waals surface area contributed by atoms with E-state index in [1.54, 1.807) is 19.1 Å². The second-order valence-electron chi connectivity index (χ2n) is 4.20. The molecule has 0 spiro atoms. The second kappa shape index (κ2) is 4.94. The summed E-state index contributed by atoms with van der Waals surface area (Å²) in [5.74, 6) is 0. The van der Waals surface area contributed by atoms with Crippen molar-refractivity contribution in [1.82, 2.24) is 0 Å².